The highest BCUT2D eigenvalue weighted by molar-refractivity contribution is 7.91. The number of hydrogen-bond donors (Lipinski definition) is 3. The Balaban J connectivity index is 1.52. The number of hydrogen-bond acceptors (Lipinski definition) is 7. The summed E-state index contributed by atoms with van der Waals surface area (Å²) >= 11 is 0. The molecule has 0 radical (unpaired) electrons. The van der Waals surface area contributed by atoms with Crippen molar-refractivity contribution in [2.45, 2.75) is 63.4 Å². The summed E-state index contributed by atoms with van der Waals surface area (Å²) in [5, 5.41) is 3.63. The molecule has 0 atom stereocenters. The largest absolute Gasteiger partial charge is 0.351 e. The van der Waals surface area contributed by atoms with E-state index in [1.165, 1.54) is 29.0 Å². The van der Waals surface area contributed by atoms with Gasteiger partial charge in [0.25, 0.3) is 5.56 Å². The molecule has 2 aromatic carbocycles. The standard InChI is InChI=1S/C29H31F3N6O3S/c1-16(2)38-27-18(14-34-29(36-27)35-20-10-8-19(33)9-11-20)12-22(28(38)39)21-13-23(30)26(25(32)24(21)31)37-42(40,41)15-17-6-4-3-5-7-17/h3-7,12-14,16,19-20,37H,8-11,15,33H2,1-2H3,(H,34,35,36)/t19-,20-. The van der Waals surface area contributed by atoms with Crippen LogP contribution in [0, 0.1) is 17.5 Å². The van der Waals surface area contributed by atoms with Crippen molar-refractivity contribution in [3.8, 4) is 11.1 Å². The van der Waals surface area contributed by atoms with Crippen molar-refractivity contribution in [1.82, 2.24) is 14.5 Å². The number of nitrogens with one attached hydrogen (secondary N) is 2. The Morgan fingerprint density at radius 2 is 1.71 bits per heavy atom. The maximum atomic E-state index is 15.4. The molecule has 1 aliphatic carbocycles. The number of nitrogens with zero attached hydrogens (tertiary/aromatic N) is 3. The third-order valence-corrected chi connectivity index (χ3v) is 8.53. The molecule has 1 aliphatic rings. The molecule has 1 fully saturated rings. The van der Waals surface area contributed by atoms with Gasteiger partial charge >= 0.3 is 0 Å². The van der Waals surface area contributed by atoms with Gasteiger partial charge in [-0.1, -0.05) is 30.3 Å². The van der Waals surface area contributed by atoms with Gasteiger partial charge in [-0.15, -0.1) is 0 Å². The molecular weight excluding hydrogens is 569 g/mol. The van der Waals surface area contributed by atoms with E-state index in [2.05, 4.69) is 15.3 Å². The molecule has 4 aromatic rings. The predicted octanol–water partition coefficient (Wildman–Crippen LogP) is 5.08. The van der Waals surface area contributed by atoms with E-state index in [9.17, 15) is 13.2 Å². The van der Waals surface area contributed by atoms with E-state index in [0.29, 0.717) is 23.0 Å². The lowest BCUT2D eigenvalue weighted by molar-refractivity contribution is 0.410. The van der Waals surface area contributed by atoms with E-state index >= 15 is 13.2 Å². The fourth-order valence-electron chi connectivity index (χ4n) is 5.18. The predicted molar refractivity (Wildman–Crippen MR) is 156 cm³/mol. The molecule has 13 heteroatoms. The van der Waals surface area contributed by atoms with E-state index < -0.39 is 56.1 Å². The summed E-state index contributed by atoms with van der Waals surface area (Å²) in [5.74, 6) is -4.97. The Hall–Kier alpha value is -3.97. The summed E-state index contributed by atoms with van der Waals surface area (Å²) in [6.45, 7) is 3.45. The maximum absolute atomic E-state index is 15.4. The Morgan fingerprint density at radius 1 is 1.02 bits per heavy atom. The van der Waals surface area contributed by atoms with Gasteiger partial charge in [0, 0.05) is 35.3 Å². The van der Waals surface area contributed by atoms with Gasteiger partial charge in [0.1, 0.15) is 11.3 Å². The lowest BCUT2D eigenvalue weighted by Gasteiger charge is -2.27. The third kappa shape index (κ3) is 6.12. The minimum absolute atomic E-state index is 0.129. The fourth-order valence-corrected chi connectivity index (χ4v) is 6.38. The van der Waals surface area contributed by atoms with Gasteiger partial charge in [-0.3, -0.25) is 14.1 Å². The molecule has 1 saturated carbocycles. The minimum Gasteiger partial charge on any atom is -0.351 e. The van der Waals surface area contributed by atoms with Crippen LogP contribution in [0.4, 0.5) is 24.8 Å². The topological polar surface area (TPSA) is 132 Å². The Kier molecular flexibility index (Phi) is 8.24. The van der Waals surface area contributed by atoms with Crippen molar-refractivity contribution in [2.75, 3.05) is 10.0 Å². The highest BCUT2D eigenvalue weighted by Gasteiger charge is 2.27. The third-order valence-electron chi connectivity index (χ3n) is 7.30. The first-order chi connectivity index (χ1) is 19.9. The first kappa shape index (κ1) is 29.5. The molecule has 42 heavy (non-hydrogen) atoms. The van der Waals surface area contributed by atoms with Crippen LogP contribution < -0.4 is 21.3 Å². The molecule has 222 valence electrons. The lowest BCUT2D eigenvalue weighted by Crippen LogP contribution is -2.33. The summed E-state index contributed by atoms with van der Waals surface area (Å²) in [7, 11) is -4.29. The van der Waals surface area contributed by atoms with Crippen LogP contribution in [0.1, 0.15) is 51.1 Å². The first-order valence-electron chi connectivity index (χ1n) is 13.6. The average Bonchev–Trinajstić information content (AvgIpc) is 2.94. The number of aromatic nitrogens is 3. The van der Waals surface area contributed by atoms with E-state index in [-0.39, 0.29) is 23.3 Å². The van der Waals surface area contributed by atoms with Crippen molar-refractivity contribution >= 4 is 32.7 Å². The highest BCUT2D eigenvalue weighted by atomic mass is 32.2. The van der Waals surface area contributed by atoms with Crippen molar-refractivity contribution in [3.05, 3.63) is 82.0 Å². The number of anilines is 2. The molecule has 9 nitrogen and oxygen atoms in total. The van der Waals surface area contributed by atoms with Crippen LogP contribution >= 0.6 is 0 Å². The first-order valence-corrected chi connectivity index (χ1v) is 15.3. The smallest absolute Gasteiger partial charge is 0.260 e. The van der Waals surface area contributed by atoms with Gasteiger partial charge in [-0.05, 0) is 57.2 Å². The van der Waals surface area contributed by atoms with Crippen LogP contribution in [-0.4, -0.2) is 35.0 Å². The van der Waals surface area contributed by atoms with Gasteiger partial charge in [0.2, 0.25) is 16.0 Å². The van der Waals surface area contributed by atoms with Crippen LogP contribution in [0.3, 0.4) is 0 Å². The number of benzene rings is 2. The molecular formula is C29H31F3N6O3S. The molecule has 0 saturated heterocycles. The molecule has 4 N–H and O–H groups in total. The second-order valence-electron chi connectivity index (χ2n) is 10.8. The summed E-state index contributed by atoms with van der Waals surface area (Å²) in [5.41, 5.74) is 3.77. The Bertz CT molecular complexity index is 1790. The fraction of sp³-hybridized carbons (Fsp3) is 0.345. The summed E-state index contributed by atoms with van der Waals surface area (Å²) in [4.78, 5) is 22.5. The van der Waals surface area contributed by atoms with E-state index in [1.807, 2.05) is 0 Å². The molecule has 0 unspecified atom stereocenters. The zero-order valence-corrected chi connectivity index (χ0v) is 23.9. The normalized spacial score (nSPS) is 17.5. The average molecular weight is 601 g/mol. The molecule has 0 amide bonds. The quantitative estimate of drug-likeness (QED) is 0.240. The Morgan fingerprint density at radius 3 is 2.38 bits per heavy atom. The van der Waals surface area contributed by atoms with Crippen molar-refractivity contribution in [1.29, 1.82) is 0 Å². The summed E-state index contributed by atoms with van der Waals surface area (Å²) in [6, 6.07) is 9.71. The molecule has 5 rings (SSSR count). The number of nitrogens with two attached hydrogens (primary N) is 1. The number of pyridine rings is 1. The van der Waals surface area contributed by atoms with Crippen molar-refractivity contribution in [2.24, 2.45) is 5.73 Å². The maximum Gasteiger partial charge on any atom is 0.260 e. The minimum atomic E-state index is -4.29. The lowest BCUT2D eigenvalue weighted by atomic mass is 9.92. The van der Waals surface area contributed by atoms with Crippen molar-refractivity contribution < 1.29 is 21.6 Å². The summed E-state index contributed by atoms with van der Waals surface area (Å²) < 4.78 is 74.1. The molecule has 2 aromatic heterocycles. The van der Waals surface area contributed by atoms with Crippen LogP contribution in [0.25, 0.3) is 22.2 Å². The zero-order chi connectivity index (χ0) is 30.2. The van der Waals surface area contributed by atoms with E-state index in [1.54, 1.807) is 36.8 Å². The SMILES string of the molecule is CC(C)n1c(=O)c(-c2cc(F)c(NS(=O)(=O)Cc3ccccc3)c(F)c2F)cc2cnc(N[C@H]3CC[C@H](N)CC3)nc21. The van der Waals surface area contributed by atoms with Gasteiger partial charge in [0.05, 0.1) is 11.3 Å². The number of sulfonamides is 1. The summed E-state index contributed by atoms with van der Waals surface area (Å²) in [6.07, 6.45) is 4.91. The zero-order valence-electron chi connectivity index (χ0n) is 23.1. The van der Waals surface area contributed by atoms with Gasteiger partial charge in [-0.2, -0.15) is 4.98 Å². The van der Waals surface area contributed by atoms with E-state index in [4.69, 9.17) is 5.73 Å². The van der Waals surface area contributed by atoms with Crippen LogP contribution in [0.5, 0.6) is 0 Å². The second kappa shape index (κ2) is 11.7. The molecule has 2 heterocycles. The number of rotatable bonds is 8. The van der Waals surface area contributed by atoms with E-state index in [0.717, 1.165) is 25.7 Å². The van der Waals surface area contributed by atoms with Crippen LogP contribution in [0.2, 0.25) is 0 Å². The Labute approximate surface area is 241 Å². The van der Waals surface area contributed by atoms with Gasteiger partial charge in [-0.25, -0.2) is 26.6 Å². The molecule has 0 aliphatic heterocycles. The molecule has 0 bridgehead atoms. The number of fused-ring (bicyclic) bond motifs is 1. The molecule has 0 spiro atoms. The highest BCUT2D eigenvalue weighted by Crippen LogP contribution is 2.32. The van der Waals surface area contributed by atoms with Gasteiger partial charge < -0.3 is 11.1 Å². The van der Waals surface area contributed by atoms with Crippen LogP contribution in [0.15, 0.2) is 53.5 Å². The van der Waals surface area contributed by atoms with Crippen molar-refractivity contribution in [3.63, 3.8) is 0 Å². The number of halogens is 3. The van der Waals surface area contributed by atoms with Gasteiger partial charge in [0.15, 0.2) is 17.5 Å². The van der Waals surface area contributed by atoms with Crippen LogP contribution in [-0.2, 0) is 15.8 Å². The monoisotopic (exact) mass is 600 g/mol. The second-order valence-corrected chi connectivity index (χ2v) is 12.5.